The zero-order valence-corrected chi connectivity index (χ0v) is 9.66. The van der Waals surface area contributed by atoms with Gasteiger partial charge < -0.3 is 31.5 Å². The second kappa shape index (κ2) is 6.87. The van der Waals surface area contributed by atoms with Gasteiger partial charge in [0.25, 0.3) is 0 Å². The van der Waals surface area contributed by atoms with Crippen LogP contribution >= 0.6 is 0 Å². The highest BCUT2D eigenvalue weighted by atomic mass is 16.4. The first kappa shape index (κ1) is 14.3. The Balaban J connectivity index is 2.58. The van der Waals surface area contributed by atoms with E-state index >= 15 is 0 Å². The Hall–Kier alpha value is -0.730. The van der Waals surface area contributed by atoms with Gasteiger partial charge in [-0.15, -0.1) is 0 Å². The highest BCUT2D eigenvalue weighted by Gasteiger charge is 2.39. The fourth-order valence-corrected chi connectivity index (χ4v) is 1.70. The average molecular weight is 247 g/mol. The summed E-state index contributed by atoms with van der Waals surface area (Å²) in [4.78, 5) is 4.10. The van der Waals surface area contributed by atoms with E-state index in [1.807, 2.05) is 0 Å². The minimum Gasteiger partial charge on any atom is -0.394 e. The Morgan fingerprint density at radius 1 is 1.18 bits per heavy atom. The van der Waals surface area contributed by atoms with Crippen LogP contribution in [0.2, 0.25) is 0 Å². The van der Waals surface area contributed by atoms with E-state index < -0.39 is 24.4 Å². The highest BCUT2D eigenvalue weighted by molar-refractivity contribution is 5.88. The Morgan fingerprint density at radius 3 is 2.47 bits per heavy atom. The molecule has 0 bridgehead atoms. The van der Waals surface area contributed by atoms with Crippen LogP contribution in [-0.4, -0.2) is 70.3 Å². The summed E-state index contributed by atoms with van der Waals surface area (Å²) in [6.45, 7) is 0.728. The van der Waals surface area contributed by atoms with Crippen molar-refractivity contribution in [2.45, 2.75) is 37.2 Å². The first-order valence-corrected chi connectivity index (χ1v) is 5.77. The lowest BCUT2D eigenvalue weighted by molar-refractivity contribution is -0.0681. The predicted molar refractivity (Wildman–Crippen MR) is 62.6 cm³/mol. The van der Waals surface area contributed by atoms with Crippen LogP contribution in [0.5, 0.6) is 0 Å². The third-order valence-electron chi connectivity index (χ3n) is 2.79. The van der Waals surface area contributed by atoms with E-state index in [4.69, 9.17) is 10.8 Å². The monoisotopic (exact) mass is 247 g/mol. The SMILES string of the molecule is NCCCCN=C1N[C@H](CO)[C@@H](O)[C@H](O)[C@H]1O. The van der Waals surface area contributed by atoms with Crippen LogP contribution in [0.25, 0.3) is 0 Å². The number of piperidine rings is 1. The van der Waals surface area contributed by atoms with Gasteiger partial charge in [0.2, 0.25) is 0 Å². The maximum absolute atomic E-state index is 9.67. The molecule has 7 heteroatoms. The molecular formula is C10H21N3O4. The predicted octanol–water partition coefficient (Wildman–Crippen LogP) is -2.83. The maximum Gasteiger partial charge on any atom is 0.139 e. The van der Waals surface area contributed by atoms with Gasteiger partial charge in [-0.05, 0) is 19.4 Å². The lowest BCUT2D eigenvalue weighted by Gasteiger charge is -2.36. The molecule has 0 aromatic carbocycles. The zero-order valence-electron chi connectivity index (χ0n) is 9.66. The van der Waals surface area contributed by atoms with E-state index in [-0.39, 0.29) is 12.4 Å². The van der Waals surface area contributed by atoms with Crippen molar-refractivity contribution >= 4 is 5.84 Å². The minimum atomic E-state index is -1.33. The van der Waals surface area contributed by atoms with Gasteiger partial charge in [-0.25, -0.2) is 0 Å². The number of aliphatic hydroxyl groups is 4. The van der Waals surface area contributed by atoms with Gasteiger partial charge >= 0.3 is 0 Å². The van der Waals surface area contributed by atoms with Crippen molar-refractivity contribution in [2.75, 3.05) is 19.7 Å². The first-order valence-electron chi connectivity index (χ1n) is 5.77. The van der Waals surface area contributed by atoms with Gasteiger partial charge in [-0.2, -0.15) is 0 Å². The Labute approximate surface area is 100.0 Å². The standard InChI is InChI=1S/C10H21N3O4/c11-3-1-2-4-12-10-9(17)8(16)7(15)6(5-14)13-10/h6-9,14-17H,1-5,11H2,(H,12,13)/t6-,7-,8+,9-/m1/s1. The summed E-state index contributed by atoms with van der Waals surface area (Å²) in [5, 5.41) is 40.5. The largest absolute Gasteiger partial charge is 0.394 e. The van der Waals surface area contributed by atoms with Crippen molar-refractivity contribution in [3.8, 4) is 0 Å². The second-order valence-electron chi connectivity index (χ2n) is 4.12. The number of rotatable bonds is 5. The Bertz CT molecular complexity index is 260. The molecule has 0 radical (unpaired) electrons. The molecule has 17 heavy (non-hydrogen) atoms. The third kappa shape index (κ3) is 3.62. The molecule has 1 aliphatic heterocycles. The average Bonchev–Trinajstić information content (AvgIpc) is 2.34. The molecule has 1 rings (SSSR count). The van der Waals surface area contributed by atoms with Crippen molar-refractivity contribution in [1.82, 2.24) is 5.32 Å². The summed E-state index contributed by atoms with van der Waals surface area (Å²) in [5.41, 5.74) is 5.34. The molecule has 1 aliphatic rings. The molecule has 0 aliphatic carbocycles. The molecule has 4 atom stereocenters. The van der Waals surface area contributed by atoms with Gasteiger partial charge in [0.15, 0.2) is 0 Å². The number of hydrogen-bond donors (Lipinski definition) is 6. The molecule has 0 amide bonds. The van der Waals surface area contributed by atoms with E-state index in [0.29, 0.717) is 13.1 Å². The molecule has 0 unspecified atom stereocenters. The van der Waals surface area contributed by atoms with E-state index in [1.54, 1.807) is 0 Å². The van der Waals surface area contributed by atoms with E-state index in [1.165, 1.54) is 0 Å². The number of aliphatic imine (C=N–C) groups is 1. The third-order valence-corrected chi connectivity index (χ3v) is 2.79. The second-order valence-corrected chi connectivity index (χ2v) is 4.12. The molecule has 100 valence electrons. The molecule has 0 aromatic heterocycles. The fourth-order valence-electron chi connectivity index (χ4n) is 1.70. The van der Waals surface area contributed by atoms with Crippen molar-refractivity contribution in [1.29, 1.82) is 0 Å². The number of hydrogen-bond acceptors (Lipinski definition) is 6. The van der Waals surface area contributed by atoms with Crippen molar-refractivity contribution in [3.63, 3.8) is 0 Å². The minimum absolute atomic E-state index is 0.207. The number of unbranched alkanes of at least 4 members (excludes halogenated alkanes) is 1. The van der Waals surface area contributed by atoms with Crippen LogP contribution in [0, 0.1) is 0 Å². The van der Waals surface area contributed by atoms with Gasteiger partial charge in [0.05, 0.1) is 12.6 Å². The molecule has 1 fully saturated rings. The van der Waals surface area contributed by atoms with Crippen LogP contribution in [0.3, 0.4) is 0 Å². The number of nitrogens with two attached hydrogens (primary N) is 1. The van der Waals surface area contributed by atoms with E-state index in [0.717, 1.165) is 12.8 Å². The molecule has 0 aromatic rings. The van der Waals surface area contributed by atoms with Crippen LogP contribution in [0.15, 0.2) is 4.99 Å². The van der Waals surface area contributed by atoms with Crippen molar-refractivity contribution in [3.05, 3.63) is 0 Å². The van der Waals surface area contributed by atoms with Crippen molar-refractivity contribution < 1.29 is 20.4 Å². The number of nitrogens with one attached hydrogen (secondary N) is 1. The van der Waals surface area contributed by atoms with Gasteiger partial charge in [-0.1, -0.05) is 0 Å². The quantitative estimate of drug-likeness (QED) is 0.290. The summed E-state index contributed by atoms with van der Waals surface area (Å²) >= 11 is 0. The zero-order chi connectivity index (χ0) is 12.8. The summed E-state index contributed by atoms with van der Waals surface area (Å²) < 4.78 is 0. The number of aliphatic hydroxyl groups excluding tert-OH is 4. The molecule has 0 spiro atoms. The van der Waals surface area contributed by atoms with Crippen LogP contribution in [0.1, 0.15) is 12.8 Å². The number of nitrogens with zero attached hydrogens (tertiary/aromatic N) is 1. The fraction of sp³-hybridized carbons (Fsp3) is 0.900. The maximum atomic E-state index is 9.67. The summed E-state index contributed by atoms with van der Waals surface area (Å²) in [6.07, 6.45) is -2.16. The Morgan fingerprint density at radius 2 is 1.88 bits per heavy atom. The molecule has 0 saturated carbocycles. The van der Waals surface area contributed by atoms with Gasteiger partial charge in [0.1, 0.15) is 24.1 Å². The van der Waals surface area contributed by atoms with Crippen LogP contribution in [-0.2, 0) is 0 Å². The van der Waals surface area contributed by atoms with Gasteiger partial charge in [-0.3, -0.25) is 4.99 Å². The summed E-state index contributed by atoms with van der Waals surface area (Å²) in [7, 11) is 0. The van der Waals surface area contributed by atoms with E-state index in [2.05, 4.69) is 10.3 Å². The van der Waals surface area contributed by atoms with Crippen LogP contribution < -0.4 is 11.1 Å². The molecule has 7 nitrogen and oxygen atoms in total. The smallest absolute Gasteiger partial charge is 0.139 e. The first-order chi connectivity index (χ1) is 8.11. The van der Waals surface area contributed by atoms with Gasteiger partial charge in [0, 0.05) is 6.54 Å². The lowest BCUT2D eigenvalue weighted by atomic mass is 9.95. The summed E-state index contributed by atoms with van der Waals surface area (Å²) in [5.74, 6) is 0.207. The lowest BCUT2D eigenvalue weighted by Crippen LogP contribution is -2.63. The summed E-state index contributed by atoms with van der Waals surface area (Å²) in [6, 6.07) is -0.707. The molecule has 1 saturated heterocycles. The molecular weight excluding hydrogens is 226 g/mol. The number of amidine groups is 1. The van der Waals surface area contributed by atoms with E-state index in [9.17, 15) is 15.3 Å². The molecule has 1 heterocycles. The van der Waals surface area contributed by atoms with Crippen molar-refractivity contribution in [2.24, 2.45) is 10.7 Å². The highest BCUT2D eigenvalue weighted by Crippen LogP contribution is 2.12. The van der Waals surface area contributed by atoms with Crippen LogP contribution in [0.4, 0.5) is 0 Å². The Kier molecular flexibility index (Phi) is 5.79. The topological polar surface area (TPSA) is 131 Å². The molecule has 7 N–H and O–H groups in total. The normalized spacial score (nSPS) is 35.9.